The van der Waals surface area contributed by atoms with Crippen molar-refractivity contribution in [2.24, 2.45) is 0 Å². The molecule has 1 aromatic heterocycles. The smallest absolute Gasteiger partial charge is 0.396 e. The third-order valence-corrected chi connectivity index (χ3v) is 7.00. The van der Waals surface area contributed by atoms with Gasteiger partial charge in [0.2, 0.25) is 11.8 Å². The molecule has 11 heteroatoms. The molecule has 2 heterocycles. The van der Waals surface area contributed by atoms with Crippen LogP contribution in [0.15, 0.2) is 48.5 Å². The van der Waals surface area contributed by atoms with E-state index in [4.69, 9.17) is 0 Å². The molecule has 2 amide bonds. The van der Waals surface area contributed by atoms with Crippen molar-refractivity contribution in [3.63, 3.8) is 0 Å². The van der Waals surface area contributed by atoms with E-state index in [1.165, 1.54) is 30.1 Å². The van der Waals surface area contributed by atoms with E-state index in [0.717, 1.165) is 35.4 Å². The molecule has 3 aromatic rings. The van der Waals surface area contributed by atoms with Crippen LogP contribution in [-0.4, -0.2) is 52.7 Å². The Kier molecular flexibility index (Phi) is 7.26. The maximum atomic E-state index is 13.6. The fraction of sp³-hybridized carbons (Fsp3) is 0.393. The van der Waals surface area contributed by atoms with Crippen LogP contribution in [-0.2, 0) is 29.0 Å². The van der Waals surface area contributed by atoms with Crippen molar-refractivity contribution in [3.8, 4) is 11.5 Å². The van der Waals surface area contributed by atoms with Crippen LogP contribution in [0, 0.1) is 6.92 Å². The number of ether oxygens (including phenoxy) is 2. The van der Waals surface area contributed by atoms with E-state index in [-0.39, 0.29) is 31.1 Å². The van der Waals surface area contributed by atoms with Crippen LogP contribution in [0.1, 0.15) is 41.3 Å². The van der Waals surface area contributed by atoms with E-state index in [2.05, 4.69) is 19.9 Å². The lowest BCUT2D eigenvalue weighted by atomic mass is 10.0. The summed E-state index contributed by atoms with van der Waals surface area (Å²) in [5.41, 5.74) is 3.86. The second-order valence-electron chi connectivity index (χ2n) is 9.86. The van der Waals surface area contributed by atoms with Gasteiger partial charge in [0.05, 0.1) is 5.69 Å². The van der Waals surface area contributed by atoms with Gasteiger partial charge in [-0.1, -0.05) is 30.3 Å². The van der Waals surface area contributed by atoms with Gasteiger partial charge in [0.25, 0.3) is 0 Å². The number of likely N-dealkylation sites (N-methyl/N-ethyl adjacent to an activating group) is 1. The predicted molar refractivity (Wildman–Crippen MR) is 138 cm³/mol. The highest BCUT2D eigenvalue weighted by Crippen LogP contribution is 2.43. The van der Waals surface area contributed by atoms with Gasteiger partial charge in [-0.15, -0.1) is 8.78 Å². The number of aliphatic hydroxyl groups excluding tert-OH is 1. The van der Waals surface area contributed by atoms with Crippen molar-refractivity contribution in [2.75, 3.05) is 18.6 Å². The molecule has 0 spiro atoms. The third kappa shape index (κ3) is 5.88. The summed E-state index contributed by atoms with van der Waals surface area (Å²) in [4.78, 5) is 28.1. The number of hydrogen-bond donors (Lipinski definition) is 2. The normalized spacial score (nSPS) is 16.1. The van der Waals surface area contributed by atoms with Crippen LogP contribution in [0.2, 0.25) is 0 Å². The number of carbonyl (C=O) groups excluding carboxylic acids is 2. The molecule has 0 radical (unpaired) electrons. The Bertz CT molecular complexity index is 1370. The number of benzene rings is 2. The van der Waals surface area contributed by atoms with Crippen LogP contribution in [0.5, 0.6) is 11.5 Å². The Morgan fingerprint density at radius 1 is 1.18 bits per heavy atom. The van der Waals surface area contributed by atoms with Crippen LogP contribution in [0.4, 0.5) is 14.5 Å². The maximum absolute atomic E-state index is 13.6. The van der Waals surface area contributed by atoms with Crippen LogP contribution < -0.4 is 19.7 Å². The molecule has 0 bridgehead atoms. The minimum atomic E-state index is -3.77. The number of nitrogens with one attached hydrogen (secondary N) is 1. The number of aromatic nitrogens is 2. The van der Waals surface area contributed by atoms with Gasteiger partial charge in [0.15, 0.2) is 11.5 Å². The highest BCUT2D eigenvalue weighted by molar-refractivity contribution is 5.99. The van der Waals surface area contributed by atoms with E-state index in [1.54, 1.807) is 4.68 Å². The average molecular weight is 541 g/mol. The number of halogens is 2. The molecule has 0 unspecified atom stereocenters. The molecule has 9 nitrogen and oxygen atoms in total. The molecule has 5 rings (SSSR count). The number of aliphatic hydroxyl groups is 1. The van der Waals surface area contributed by atoms with Gasteiger partial charge in [0, 0.05) is 43.4 Å². The van der Waals surface area contributed by atoms with Gasteiger partial charge in [0.1, 0.15) is 12.6 Å². The molecule has 206 valence electrons. The topological polar surface area (TPSA) is 106 Å². The average Bonchev–Trinajstić information content (AvgIpc) is 3.64. The van der Waals surface area contributed by atoms with Gasteiger partial charge < -0.3 is 24.8 Å². The molecule has 2 aromatic carbocycles. The zero-order valence-corrected chi connectivity index (χ0v) is 21.7. The quantitative estimate of drug-likeness (QED) is 0.409. The first kappa shape index (κ1) is 26.6. The highest BCUT2D eigenvalue weighted by atomic mass is 19.3. The van der Waals surface area contributed by atoms with Crippen LogP contribution >= 0.6 is 0 Å². The molecular formula is C28H30F2N4O5. The molecule has 1 atom stereocenters. The van der Waals surface area contributed by atoms with Gasteiger partial charge in [-0.3, -0.25) is 14.3 Å². The fourth-order valence-corrected chi connectivity index (χ4v) is 4.80. The standard InChI is InChI=1S/C28H30F2N4O5/c1-17-21(12-13-35)26(19-8-9-19)32-34(17)16-25(36)31-22(14-18-6-4-3-5-7-18)27(37)33(2)20-10-11-23-24(15-20)39-28(29,30)38-23/h3-7,10-11,15,19,22,35H,8-9,12-14,16H2,1-2H3,(H,31,36)/t22-/m0/s1. The Labute approximate surface area is 224 Å². The summed E-state index contributed by atoms with van der Waals surface area (Å²) in [5.74, 6) is -0.780. The second-order valence-corrected chi connectivity index (χ2v) is 9.86. The summed E-state index contributed by atoms with van der Waals surface area (Å²) < 4.78 is 37.5. The summed E-state index contributed by atoms with van der Waals surface area (Å²) in [6.07, 6.45) is -0.994. The summed E-state index contributed by atoms with van der Waals surface area (Å²) >= 11 is 0. The van der Waals surface area contributed by atoms with E-state index in [0.29, 0.717) is 18.0 Å². The molecule has 1 saturated carbocycles. The van der Waals surface area contributed by atoms with Crippen molar-refractivity contribution in [1.82, 2.24) is 15.1 Å². The highest BCUT2D eigenvalue weighted by Gasteiger charge is 2.43. The maximum Gasteiger partial charge on any atom is 0.586 e. The number of hydrogen-bond acceptors (Lipinski definition) is 6. The number of anilines is 1. The Hall–Kier alpha value is -3.99. The third-order valence-electron chi connectivity index (χ3n) is 7.00. The first-order chi connectivity index (χ1) is 18.6. The van der Waals surface area contributed by atoms with Gasteiger partial charge in [-0.25, -0.2) is 0 Å². The SMILES string of the molecule is Cc1c(CCO)c(C2CC2)nn1CC(=O)N[C@@H](Cc1ccccc1)C(=O)N(C)c1ccc2c(c1)OC(F)(F)O2. The number of rotatable bonds is 10. The molecule has 1 aliphatic heterocycles. The molecule has 39 heavy (non-hydrogen) atoms. The Morgan fingerprint density at radius 2 is 1.90 bits per heavy atom. The van der Waals surface area contributed by atoms with Gasteiger partial charge in [-0.05, 0) is 49.4 Å². The summed E-state index contributed by atoms with van der Waals surface area (Å²) in [7, 11) is 1.50. The number of nitrogens with zero attached hydrogens (tertiary/aromatic N) is 3. The van der Waals surface area contributed by atoms with Crippen molar-refractivity contribution >= 4 is 17.5 Å². The number of alkyl halides is 2. The van der Waals surface area contributed by atoms with E-state index in [9.17, 15) is 23.5 Å². The summed E-state index contributed by atoms with van der Waals surface area (Å²) in [5, 5.41) is 17.0. The van der Waals surface area contributed by atoms with E-state index in [1.807, 2.05) is 37.3 Å². The Morgan fingerprint density at radius 3 is 2.59 bits per heavy atom. The Balaban J connectivity index is 1.35. The second kappa shape index (κ2) is 10.6. The first-order valence-electron chi connectivity index (χ1n) is 12.8. The lowest BCUT2D eigenvalue weighted by Crippen LogP contribution is -2.49. The predicted octanol–water partition coefficient (Wildman–Crippen LogP) is 3.32. The summed E-state index contributed by atoms with van der Waals surface area (Å²) in [6, 6.07) is 12.4. The van der Waals surface area contributed by atoms with Crippen LogP contribution in [0.25, 0.3) is 0 Å². The first-order valence-corrected chi connectivity index (χ1v) is 12.8. The lowest BCUT2D eigenvalue weighted by Gasteiger charge is -2.25. The van der Waals surface area contributed by atoms with Crippen molar-refractivity contribution in [1.29, 1.82) is 0 Å². The van der Waals surface area contributed by atoms with Crippen molar-refractivity contribution in [3.05, 3.63) is 71.0 Å². The molecule has 1 aliphatic carbocycles. The minimum Gasteiger partial charge on any atom is -0.396 e. The number of fused-ring (bicyclic) bond motifs is 1. The van der Waals surface area contributed by atoms with Crippen molar-refractivity contribution < 1.29 is 33.0 Å². The molecule has 1 fully saturated rings. The van der Waals surface area contributed by atoms with E-state index < -0.39 is 24.2 Å². The largest absolute Gasteiger partial charge is 0.586 e. The van der Waals surface area contributed by atoms with E-state index >= 15 is 0 Å². The summed E-state index contributed by atoms with van der Waals surface area (Å²) in [6.45, 7) is 1.79. The molecule has 2 N–H and O–H groups in total. The molecule has 2 aliphatic rings. The minimum absolute atomic E-state index is 0.00403. The number of carbonyl (C=O) groups is 2. The zero-order valence-electron chi connectivity index (χ0n) is 21.7. The van der Waals surface area contributed by atoms with Crippen molar-refractivity contribution in [2.45, 2.75) is 57.4 Å². The van der Waals surface area contributed by atoms with Gasteiger partial charge >= 0.3 is 6.29 Å². The number of amides is 2. The lowest BCUT2D eigenvalue weighted by molar-refractivity contribution is -0.286. The van der Waals surface area contributed by atoms with Gasteiger partial charge in [-0.2, -0.15) is 5.10 Å². The monoisotopic (exact) mass is 540 g/mol. The molecule has 0 saturated heterocycles. The fourth-order valence-electron chi connectivity index (χ4n) is 4.80. The zero-order chi connectivity index (χ0) is 27.7. The van der Waals surface area contributed by atoms with Crippen LogP contribution in [0.3, 0.4) is 0 Å². The molecular weight excluding hydrogens is 510 g/mol.